The Balaban J connectivity index is 2.29. The normalized spacial score (nSPS) is 10.5. The number of hydrogen-bond donors (Lipinski definition) is 2. The van der Waals surface area contributed by atoms with Gasteiger partial charge in [0.05, 0.1) is 12.0 Å². The van der Waals surface area contributed by atoms with Crippen LogP contribution in [0.3, 0.4) is 0 Å². The molecule has 0 aliphatic heterocycles. The average molecular weight is 210 g/mol. The minimum atomic E-state index is -0.344. The van der Waals surface area contributed by atoms with E-state index in [9.17, 15) is 4.79 Å². The fourth-order valence-electron chi connectivity index (χ4n) is 1.32. The summed E-state index contributed by atoms with van der Waals surface area (Å²) in [7, 11) is 0. The Morgan fingerprint density at radius 1 is 1.60 bits per heavy atom. The van der Waals surface area contributed by atoms with E-state index in [2.05, 4.69) is 17.2 Å². The minimum Gasteiger partial charge on any atom is -0.368 e. The van der Waals surface area contributed by atoms with E-state index in [0.29, 0.717) is 0 Å². The monoisotopic (exact) mass is 210 g/mol. The van der Waals surface area contributed by atoms with E-state index in [1.165, 1.54) is 0 Å². The van der Waals surface area contributed by atoms with Crippen molar-refractivity contribution in [2.75, 3.05) is 13.1 Å². The van der Waals surface area contributed by atoms with Gasteiger partial charge >= 0.3 is 0 Å². The van der Waals surface area contributed by atoms with Crippen LogP contribution in [0.1, 0.15) is 19.0 Å². The first-order valence-electron chi connectivity index (χ1n) is 5.22. The Labute approximate surface area is 89.7 Å². The molecule has 3 N–H and O–H groups in total. The fourth-order valence-corrected chi connectivity index (χ4v) is 1.32. The molecule has 0 aliphatic carbocycles. The molecule has 1 amide bonds. The van der Waals surface area contributed by atoms with Crippen LogP contribution in [0.2, 0.25) is 0 Å². The highest BCUT2D eigenvalue weighted by Crippen LogP contribution is 1.96. The molecule has 0 radical (unpaired) electrons. The van der Waals surface area contributed by atoms with E-state index < -0.39 is 0 Å². The molecule has 1 rings (SSSR count). The van der Waals surface area contributed by atoms with Crippen molar-refractivity contribution in [1.29, 1.82) is 0 Å². The maximum absolute atomic E-state index is 10.6. The molecular formula is C10H18N4O. The molecule has 84 valence electrons. The number of amides is 1. The predicted molar refractivity (Wildman–Crippen MR) is 58.3 cm³/mol. The largest absolute Gasteiger partial charge is 0.368 e. The Morgan fingerprint density at radius 3 is 3.07 bits per heavy atom. The van der Waals surface area contributed by atoms with Gasteiger partial charge in [0.25, 0.3) is 0 Å². The summed E-state index contributed by atoms with van der Waals surface area (Å²) in [6.45, 7) is 4.29. The number of hydrogen-bond acceptors (Lipinski definition) is 3. The molecule has 0 bridgehead atoms. The Hall–Kier alpha value is -1.36. The van der Waals surface area contributed by atoms with Gasteiger partial charge in [-0.05, 0) is 13.0 Å². The van der Waals surface area contributed by atoms with Crippen molar-refractivity contribution in [3.8, 4) is 0 Å². The fraction of sp³-hybridized carbons (Fsp3) is 0.600. The molecule has 0 aliphatic rings. The molecule has 0 aromatic carbocycles. The van der Waals surface area contributed by atoms with Crippen LogP contribution in [0.15, 0.2) is 12.5 Å². The van der Waals surface area contributed by atoms with Crippen molar-refractivity contribution in [2.45, 2.75) is 26.3 Å². The second-order valence-electron chi connectivity index (χ2n) is 3.50. The number of nitrogens with two attached hydrogens (primary N) is 1. The number of nitrogens with zero attached hydrogens (tertiary/aromatic N) is 2. The van der Waals surface area contributed by atoms with Gasteiger partial charge in [-0.2, -0.15) is 0 Å². The second kappa shape index (κ2) is 6.19. The van der Waals surface area contributed by atoms with E-state index in [-0.39, 0.29) is 12.5 Å². The number of aromatic nitrogens is 2. The van der Waals surface area contributed by atoms with Crippen LogP contribution in [0.4, 0.5) is 0 Å². The summed E-state index contributed by atoms with van der Waals surface area (Å²) in [5.74, 6) is -0.344. The number of imidazole rings is 1. The zero-order chi connectivity index (χ0) is 11.1. The van der Waals surface area contributed by atoms with Gasteiger partial charge in [0.15, 0.2) is 0 Å². The molecule has 1 aromatic heterocycles. The third-order valence-corrected chi connectivity index (χ3v) is 2.01. The number of rotatable bonds is 7. The summed E-state index contributed by atoms with van der Waals surface area (Å²) in [6, 6.07) is 0. The van der Waals surface area contributed by atoms with Crippen molar-refractivity contribution in [3.05, 3.63) is 18.2 Å². The zero-order valence-corrected chi connectivity index (χ0v) is 9.07. The second-order valence-corrected chi connectivity index (χ2v) is 3.50. The van der Waals surface area contributed by atoms with Crippen LogP contribution in [0, 0.1) is 0 Å². The smallest absolute Gasteiger partial charge is 0.237 e. The first-order valence-corrected chi connectivity index (χ1v) is 5.22. The van der Waals surface area contributed by atoms with Crippen molar-refractivity contribution in [3.63, 3.8) is 0 Å². The maximum Gasteiger partial charge on any atom is 0.237 e. The lowest BCUT2D eigenvalue weighted by Gasteiger charge is -1.99. The number of primary amides is 1. The molecule has 0 atom stereocenters. The Kier molecular flexibility index (Phi) is 4.83. The minimum absolute atomic E-state index is 0.204. The molecule has 0 fully saturated rings. The molecule has 0 unspecified atom stereocenters. The number of nitrogens with one attached hydrogen (secondary N) is 1. The van der Waals surface area contributed by atoms with E-state index in [1.807, 2.05) is 6.20 Å². The Bertz CT molecular complexity index is 308. The highest BCUT2D eigenvalue weighted by atomic mass is 16.1. The van der Waals surface area contributed by atoms with Gasteiger partial charge in [-0.25, -0.2) is 4.98 Å². The van der Waals surface area contributed by atoms with Crippen LogP contribution in [-0.4, -0.2) is 28.5 Å². The lowest BCUT2D eigenvalue weighted by atomic mass is 10.3. The third-order valence-electron chi connectivity index (χ3n) is 2.01. The molecule has 0 saturated carbocycles. The third kappa shape index (κ3) is 4.60. The van der Waals surface area contributed by atoms with Crippen LogP contribution in [-0.2, 0) is 17.8 Å². The van der Waals surface area contributed by atoms with E-state index in [1.54, 1.807) is 10.9 Å². The van der Waals surface area contributed by atoms with Crippen molar-refractivity contribution in [1.82, 2.24) is 14.9 Å². The van der Waals surface area contributed by atoms with E-state index >= 15 is 0 Å². The summed E-state index contributed by atoms with van der Waals surface area (Å²) in [4.78, 5) is 14.8. The molecule has 1 aromatic rings. The quantitative estimate of drug-likeness (QED) is 0.618. The van der Waals surface area contributed by atoms with Gasteiger partial charge in [-0.3, -0.25) is 4.79 Å². The molecular weight excluding hydrogens is 192 g/mol. The van der Waals surface area contributed by atoms with Gasteiger partial charge in [0, 0.05) is 19.2 Å². The molecule has 0 spiro atoms. The maximum atomic E-state index is 10.6. The van der Waals surface area contributed by atoms with E-state index in [0.717, 1.165) is 31.6 Å². The molecule has 15 heavy (non-hydrogen) atoms. The highest BCUT2D eigenvalue weighted by molar-refractivity contribution is 5.73. The van der Waals surface area contributed by atoms with Crippen molar-refractivity contribution >= 4 is 5.91 Å². The van der Waals surface area contributed by atoms with Crippen LogP contribution in [0.5, 0.6) is 0 Å². The molecule has 0 saturated heterocycles. The Morgan fingerprint density at radius 2 is 2.40 bits per heavy atom. The first kappa shape index (κ1) is 11.7. The summed E-state index contributed by atoms with van der Waals surface area (Å²) in [6.07, 6.45) is 5.51. The van der Waals surface area contributed by atoms with Gasteiger partial charge in [0.1, 0.15) is 6.54 Å². The summed E-state index contributed by atoms with van der Waals surface area (Å²) in [5, 5.41) is 3.29. The van der Waals surface area contributed by atoms with Gasteiger partial charge in [0.2, 0.25) is 5.91 Å². The van der Waals surface area contributed by atoms with Crippen LogP contribution in [0.25, 0.3) is 0 Å². The van der Waals surface area contributed by atoms with Crippen molar-refractivity contribution in [2.24, 2.45) is 5.73 Å². The predicted octanol–water partition coefficient (Wildman–Crippen LogP) is -0.0895. The summed E-state index contributed by atoms with van der Waals surface area (Å²) >= 11 is 0. The number of carbonyl (C=O) groups is 1. The lowest BCUT2D eigenvalue weighted by molar-refractivity contribution is -0.118. The topological polar surface area (TPSA) is 72.9 Å². The van der Waals surface area contributed by atoms with Gasteiger partial charge < -0.3 is 15.6 Å². The SMILES string of the molecule is CCCNCCc1cn(CC(N)=O)cn1. The van der Waals surface area contributed by atoms with Crippen LogP contribution >= 0.6 is 0 Å². The van der Waals surface area contributed by atoms with Crippen molar-refractivity contribution < 1.29 is 4.79 Å². The van der Waals surface area contributed by atoms with Gasteiger partial charge in [-0.1, -0.05) is 6.92 Å². The summed E-state index contributed by atoms with van der Waals surface area (Å²) in [5.41, 5.74) is 6.06. The lowest BCUT2D eigenvalue weighted by Crippen LogP contribution is -2.18. The molecule has 5 nitrogen and oxygen atoms in total. The van der Waals surface area contributed by atoms with Crippen LogP contribution < -0.4 is 11.1 Å². The zero-order valence-electron chi connectivity index (χ0n) is 9.07. The van der Waals surface area contributed by atoms with Gasteiger partial charge in [-0.15, -0.1) is 0 Å². The van der Waals surface area contributed by atoms with E-state index in [4.69, 9.17) is 5.73 Å². The average Bonchev–Trinajstić information content (AvgIpc) is 2.59. The number of carbonyl (C=O) groups excluding carboxylic acids is 1. The molecule has 1 heterocycles. The first-order chi connectivity index (χ1) is 7.22. The summed E-state index contributed by atoms with van der Waals surface area (Å²) < 4.78 is 1.71. The highest BCUT2D eigenvalue weighted by Gasteiger charge is 2.00. The standard InChI is InChI=1S/C10H18N4O/c1-2-4-12-5-3-9-6-14(8-13-9)7-10(11)15/h6,8,12H,2-5,7H2,1H3,(H2,11,15). The molecule has 5 heteroatoms.